The van der Waals surface area contributed by atoms with Gasteiger partial charge >= 0.3 is 23.5 Å². The zero-order chi connectivity index (χ0) is 26.4. The maximum atomic E-state index is 15.9. The summed E-state index contributed by atoms with van der Waals surface area (Å²) in [6, 6.07) is 0. The van der Waals surface area contributed by atoms with E-state index < -0.39 is 53.7 Å². The third-order valence-corrected chi connectivity index (χ3v) is 8.41. The van der Waals surface area contributed by atoms with Crippen molar-refractivity contribution in [3.8, 4) is 11.3 Å². The van der Waals surface area contributed by atoms with Crippen LogP contribution in [0.2, 0.25) is 0 Å². The first-order chi connectivity index (χ1) is 16.0. The van der Waals surface area contributed by atoms with Crippen molar-refractivity contribution in [3.05, 3.63) is 12.5 Å². The predicted molar refractivity (Wildman–Crippen MR) is 112 cm³/mol. The highest BCUT2D eigenvalue weighted by atomic mass is 35.5. The van der Waals surface area contributed by atoms with Gasteiger partial charge < -0.3 is 35.2 Å². The average Bonchev–Trinajstić information content (AvgIpc) is 3.17. The molecule has 35 heavy (non-hydrogen) atoms. The second-order valence-corrected chi connectivity index (χ2v) is 11.4. The van der Waals surface area contributed by atoms with Gasteiger partial charge in [0.25, 0.3) is 0 Å². The molecule has 1 aliphatic heterocycles. The van der Waals surface area contributed by atoms with Gasteiger partial charge in [-0.15, -0.1) is 0 Å². The van der Waals surface area contributed by atoms with E-state index in [1.54, 1.807) is 5.38 Å². The van der Waals surface area contributed by atoms with Gasteiger partial charge in [-0.2, -0.15) is 13.6 Å². The van der Waals surface area contributed by atoms with Crippen molar-refractivity contribution in [1.29, 1.82) is 0 Å². The van der Waals surface area contributed by atoms with E-state index in [0.29, 0.717) is 0 Å². The largest absolute Gasteiger partial charge is 0.490 e. The Hall–Kier alpha value is -1.54. The molecule has 0 aliphatic carbocycles. The molecule has 0 spiro atoms. The summed E-state index contributed by atoms with van der Waals surface area (Å²) in [5.41, 5.74) is 2.69. The van der Waals surface area contributed by atoms with Gasteiger partial charge in [0.15, 0.2) is 11.9 Å². The van der Waals surface area contributed by atoms with Crippen molar-refractivity contribution >= 4 is 52.2 Å². The van der Waals surface area contributed by atoms with Crippen LogP contribution in [0.25, 0.3) is 11.2 Å². The number of anilines is 1. The van der Waals surface area contributed by atoms with Crippen LogP contribution in [0.3, 0.4) is 0 Å². The Morgan fingerprint density at radius 2 is 1.91 bits per heavy atom. The summed E-state index contributed by atoms with van der Waals surface area (Å²) in [6.07, 6.45) is -5.32. The first-order valence-electron chi connectivity index (χ1n) is 8.90. The Morgan fingerprint density at radius 1 is 1.26 bits per heavy atom. The Labute approximate surface area is 199 Å². The van der Waals surface area contributed by atoms with Gasteiger partial charge in [0.2, 0.25) is 11.6 Å². The molecule has 0 radical (unpaired) electrons. The third kappa shape index (κ3) is 6.24. The number of alkyl halides is 1. The number of aliphatic hydroxyl groups excluding tert-OH is 1. The van der Waals surface area contributed by atoms with E-state index in [4.69, 9.17) is 31.9 Å². The number of rotatable bonds is 8. The molecule has 17 nitrogen and oxygen atoms in total. The average molecular weight is 582 g/mol. The molecule has 7 N–H and O–H groups in total. The van der Waals surface area contributed by atoms with Gasteiger partial charge in [-0.1, -0.05) is 0 Å². The van der Waals surface area contributed by atoms with Crippen molar-refractivity contribution in [2.24, 2.45) is 0 Å². The molecule has 0 saturated carbocycles. The van der Waals surface area contributed by atoms with E-state index in [1.165, 1.54) is 6.20 Å². The second kappa shape index (κ2) is 9.73. The zero-order valence-corrected chi connectivity index (χ0v) is 20.5. The van der Waals surface area contributed by atoms with Crippen LogP contribution in [0.15, 0.2) is 12.5 Å². The number of hydrogen-bond acceptors (Lipinski definition) is 12. The van der Waals surface area contributed by atoms with E-state index >= 15 is 4.39 Å². The number of fused-ring (bicyclic) bond motifs is 1. The van der Waals surface area contributed by atoms with Crippen molar-refractivity contribution in [2.75, 3.05) is 5.73 Å². The van der Waals surface area contributed by atoms with Crippen LogP contribution in [-0.4, -0.2) is 68.2 Å². The molecule has 2 aromatic rings. The Bertz CT molecular complexity index is 1330. The number of halogens is 2. The van der Waals surface area contributed by atoms with Crippen LogP contribution in [0.5, 0.6) is 0 Å². The molecule has 3 rings (SSSR count). The molecule has 0 amide bonds. The Kier molecular flexibility index (Phi) is 7.79. The minimum absolute atomic E-state index is 0.0331. The summed E-state index contributed by atoms with van der Waals surface area (Å²) in [5, 5.41) is 12.4. The van der Waals surface area contributed by atoms with Gasteiger partial charge in [0.1, 0.15) is 17.7 Å². The number of nitrogens with zero attached hydrogens (tertiary/aromatic N) is 4. The van der Waals surface area contributed by atoms with Crippen molar-refractivity contribution in [3.63, 3.8) is 0 Å². The highest BCUT2D eigenvalue weighted by molar-refractivity contribution is 7.66. The van der Waals surface area contributed by atoms with E-state index in [2.05, 4.69) is 28.1 Å². The summed E-state index contributed by atoms with van der Waals surface area (Å²) in [6.45, 7) is 0.982. The molecule has 1 fully saturated rings. The molecule has 0 bridgehead atoms. The summed E-state index contributed by atoms with van der Waals surface area (Å²) in [4.78, 5) is 47.8. The number of phosphoric ester groups is 1. The van der Waals surface area contributed by atoms with Crippen LogP contribution in [0.1, 0.15) is 13.2 Å². The van der Waals surface area contributed by atoms with Gasteiger partial charge in [0, 0.05) is 5.38 Å². The maximum absolute atomic E-state index is 15.9. The highest BCUT2D eigenvalue weighted by Crippen LogP contribution is 2.66. The van der Waals surface area contributed by atoms with Gasteiger partial charge in [0.05, 0.1) is 18.6 Å². The van der Waals surface area contributed by atoms with E-state index in [9.17, 15) is 28.6 Å². The van der Waals surface area contributed by atoms with E-state index in [1.807, 2.05) is 5.92 Å². The molecule has 22 heteroatoms. The molecular weight excluding hydrogens is 566 g/mol. The minimum atomic E-state index is -5.82. The quantitative estimate of drug-likeness (QED) is 0.181. The number of imidazole rings is 1. The maximum Gasteiger partial charge on any atom is 0.490 e. The molecule has 3 heterocycles. The van der Waals surface area contributed by atoms with E-state index in [0.717, 1.165) is 17.8 Å². The molecule has 7 atom stereocenters. The summed E-state index contributed by atoms with van der Waals surface area (Å²) >= 11 is 5.36. The lowest BCUT2D eigenvalue weighted by atomic mass is 9.95. The predicted octanol–water partition coefficient (Wildman–Crippen LogP) is 0.307. The van der Waals surface area contributed by atoms with Gasteiger partial charge in [-0.05, 0) is 24.4 Å². The molecule has 0 aromatic carbocycles. The molecule has 194 valence electrons. The summed E-state index contributed by atoms with van der Waals surface area (Å²) < 4.78 is 68.6. The molecular formula is C13H16ClFN5O12P3. The van der Waals surface area contributed by atoms with Crippen LogP contribution in [0.4, 0.5) is 10.3 Å². The first-order valence-corrected chi connectivity index (χ1v) is 13.8. The highest BCUT2D eigenvalue weighted by Gasteiger charge is 2.60. The summed E-state index contributed by atoms with van der Waals surface area (Å²) in [5.74, 6) is 1.74. The van der Waals surface area contributed by atoms with Gasteiger partial charge in [-0.3, -0.25) is 9.09 Å². The molecule has 3 unspecified atom stereocenters. The van der Waals surface area contributed by atoms with E-state index in [-0.39, 0.29) is 17.1 Å². The lowest BCUT2D eigenvalue weighted by Crippen LogP contribution is -2.44. The van der Waals surface area contributed by atoms with Crippen LogP contribution < -0.4 is 5.73 Å². The Balaban J connectivity index is 1.89. The molecule has 1 aliphatic rings. The number of hydrogen-bond donors (Lipinski definition) is 6. The number of nitrogen functional groups attached to an aromatic ring is 1. The SMILES string of the molecule is C[C@H](OP(=O)(O)OP(=O)(O)OP(=O)(O)O)[C@H]1O[C@@H](n2cnc3cnc(N)nc32)C(F)(C#CCl)[C@H]1O. The van der Waals surface area contributed by atoms with Crippen LogP contribution in [-0.2, 0) is 31.6 Å². The topological polar surface area (TPSA) is 259 Å². The molecule has 1 saturated heterocycles. The normalized spacial score (nSPS) is 29.2. The van der Waals surface area contributed by atoms with Crippen LogP contribution >= 0.6 is 35.1 Å². The molecule has 2 aromatic heterocycles. The number of phosphoric acid groups is 3. The van der Waals surface area contributed by atoms with Crippen molar-refractivity contribution in [1.82, 2.24) is 19.5 Å². The lowest BCUT2D eigenvalue weighted by molar-refractivity contribution is -0.0754. The number of aliphatic hydroxyl groups is 1. The number of ether oxygens (including phenoxy) is 1. The van der Waals surface area contributed by atoms with Crippen molar-refractivity contribution in [2.45, 2.75) is 37.1 Å². The first kappa shape index (κ1) is 28.0. The summed E-state index contributed by atoms with van der Waals surface area (Å²) in [7, 11) is -17.1. The van der Waals surface area contributed by atoms with Crippen molar-refractivity contribution < 1.29 is 60.6 Å². The smallest absolute Gasteiger partial charge is 0.386 e. The fourth-order valence-corrected chi connectivity index (χ4v) is 6.48. The zero-order valence-electron chi connectivity index (χ0n) is 17.0. The fourth-order valence-electron chi connectivity index (χ4n) is 3.13. The number of aromatic nitrogens is 4. The standard InChI is InChI=1S/C13H16ClFN5O12P3/c1-6(30-34(25,26)32-35(27,28)31-33(22,23)24)8-9(21)13(15,2-3-14)11(29-8)20-5-18-7-4-17-12(16)19-10(7)20/h4-6,8-9,11,21H,1H3,(H,25,26)(H,27,28)(H2,16,17,19)(H2,22,23,24)/t6-,8+,9-,11+,13?/m0/s1. The fraction of sp³-hybridized carbons (Fsp3) is 0.462. The minimum Gasteiger partial charge on any atom is -0.386 e. The number of nitrogens with two attached hydrogens (primary N) is 1. The van der Waals surface area contributed by atoms with Crippen LogP contribution in [0, 0.1) is 11.3 Å². The lowest BCUT2D eigenvalue weighted by Gasteiger charge is -2.25. The Morgan fingerprint density at radius 3 is 2.51 bits per heavy atom. The van der Waals surface area contributed by atoms with Gasteiger partial charge in [-0.25, -0.2) is 28.1 Å². The third-order valence-electron chi connectivity index (χ3n) is 4.39. The second-order valence-electron chi connectivity index (χ2n) is 6.88. The monoisotopic (exact) mass is 581 g/mol.